The lowest BCUT2D eigenvalue weighted by atomic mass is 10.2. The number of anilines is 1. The number of fused-ring (bicyclic) bond motifs is 1. The van der Waals surface area contributed by atoms with Gasteiger partial charge in [0, 0.05) is 6.20 Å². The summed E-state index contributed by atoms with van der Waals surface area (Å²) < 4.78 is 39.8. The van der Waals surface area contributed by atoms with Crippen molar-refractivity contribution in [3.8, 4) is 0 Å². The van der Waals surface area contributed by atoms with E-state index in [4.69, 9.17) is 0 Å². The summed E-state index contributed by atoms with van der Waals surface area (Å²) in [6, 6.07) is 15.8. The smallest absolute Gasteiger partial charge is 0.244 e. The first kappa shape index (κ1) is 21.1. The van der Waals surface area contributed by atoms with Crippen LogP contribution in [0.2, 0.25) is 0 Å². The second-order valence-corrected chi connectivity index (χ2v) is 9.98. The van der Waals surface area contributed by atoms with E-state index in [0.717, 1.165) is 16.9 Å². The summed E-state index contributed by atoms with van der Waals surface area (Å²) >= 11 is 1.12. The van der Waals surface area contributed by atoms with Crippen LogP contribution in [0.15, 0.2) is 71.8 Å². The summed E-state index contributed by atoms with van der Waals surface area (Å²) in [4.78, 5) is 23.2. The first-order chi connectivity index (χ1) is 14.8. The fraction of sp³-hybridized carbons (Fsp3) is 0.136. The van der Waals surface area contributed by atoms with E-state index in [1.807, 2.05) is 6.92 Å². The van der Waals surface area contributed by atoms with Crippen LogP contribution in [0.3, 0.4) is 0 Å². The Hall–Kier alpha value is -3.17. The third-order valence-corrected chi connectivity index (χ3v) is 7.27. The van der Waals surface area contributed by atoms with Gasteiger partial charge in [-0.15, -0.1) is 0 Å². The van der Waals surface area contributed by atoms with Crippen molar-refractivity contribution in [1.82, 2.24) is 9.97 Å². The lowest BCUT2D eigenvalue weighted by Gasteiger charge is -2.19. The molecule has 158 valence electrons. The van der Waals surface area contributed by atoms with Crippen molar-refractivity contribution in [2.24, 2.45) is 0 Å². The number of benzene rings is 2. The molecule has 0 saturated carbocycles. The second kappa shape index (κ2) is 8.52. The molecule has 0 saturated heterocycles. The number of amides is 1. The molecule has 2 heterocycles. The fourth-order valence-electron chi connectivity index (χ4n) is 2.99. The van der Waals surface area contributed by atoms with Crippen molar-refractivity contribution < 1.29 is 17.6 Å². The minimum absolute atomic E-state index is 0.0470. The average Bonchev–Trinajstić information content (AvgIpc) is 3.15. The minimum atomic E-state index is -3.85. The van der Waals surface area contributed by atoms with Crippen molar-refractivity contribution in [3.63, 3.8) is 0 Å². The van der Waals surface area contributed by atoms with Crippen LogP contribution >= 0.6 is 11.3 Å². The van der Waals surface area contributed by atoms with Gasteiger partial charge in [0.2, 0.25) is 5.91 Å². The van der Waals surface area contributed by atoms with Gasteiger partial charge in [0.15, 0.2) is 15.0 Å². The van der Waals surface area contributed by atoms with Crippen LogP contribution < -0.4 is 4.90 Å². The minimum Gasteiger partial charge on any atom is -0.281 e. The highest BCUT2D eigenvalue weighted by Gasteiger charge is 2.27. The van der Waals surface area contributed by atoms with E-state index in [1.165, 1.54) is 35.2 Å². The average molecular weight is 456 g/mol. The molecule has 31 heavy (non-hydrogen) atoms. The number of nitrogens with zero attached hydrogens (tertiary/aromatic N) is 3. The standard InChI is InChI=1S/C22H18FN3O3S2/c1-15-5-8-18(9-6-15)31(28,29)14-21(27)26(13-17-4-2-3-11-24-17)22-25-19-10-7-16(23)12-20(19)30-22/h2-12H,13-14H2,1H3. The molecule has 0 fully saturated rings. The fourth-order valence-corrected chi connectivity index (χ4v) is 5.19. The summed E-state index contributed by atoms with van der Waals surface area (Å²) in [5.41, 5.74) is 2.03. The van der Waals surface area contributed by atoms with Crippen LogP contribution in [0.4, 0.5) is 9.52 Å². The van der Waals surface area contributed by atoms with Gasteiger partial charge in [-0.05, 0) is 49.4 Å². The van der Waals surface area contributed by atoms with Crippen LogP contribution in [-0.4, -0.2) is 30.0 Å². The molecule has 0 bridgehead atoms. The van der Waals surface area contributed by atoms with E-state index in [0.29, 0.717) is 15.9 Å². The molecule has 0 unspecified atom stereocenters. The highest BCUT2D eigenvalue weighted by Crippen LogP contribution is 2.30. The molecule has 9 heteroatoms. The topological polar surface area (TPSA) is 80.2 Å². The molecule has 4 aromatic rings. The quantitative estimate of drug-likeness (QED) is 0.436. The maximum Gasteiger partial charge on any atom is 0.244 e. The monoisotopic (exact) mass is 455 g/mol. The number of carbonyl (C=O) groups excluding carboxylic acids is 1. The number of aryl methyl sites for hydroxylation is 1. The highest BCUT2D eigenvalue weighted by molar-refractivity contribution is 7.92. The van der Waals surface area contributed by atoms with Gasteiger partial charge < -0.3 is 0 Å². The van der Waals surface area contributed by atoms with Gasteiger partial charge in [-0.25, -0.2) is 17.8 Å². The Morgan fingerprint density at radius 3 is 2.58 bits per heavy atom. The van der Waals surface area contributed by atoms with Crippen LogP contribution in [0.25, 0.3) is 10.2 Å². The Labute approximate surface area is 182 Å². The van der Waals surface area contributed by atoms with Gasteiger partial charge in [0.1, 0.15) is 11.6 Å². The normalized spacial score (nSPS) is 11.5. The van der Waals surface area contributed by atoms with E-state index in [1.54, 1.807) is 36.5 Å². The third kappa shape index (κ3) is 4.78. The van der Waals surface area contributed by atoms with Gasteiger partial charge in [0.05, 0.1) is 27.4 Å². The Morgan fingerprint density at radius 1 is 1.10 bits per heavy atom. The third-order valence-electron chi connectivity index (χ3n) is 4.61. The van der Waals surface area contributed by atoms with Crippen LogP contribution in [0.1, 0.15) is 11.3 Å². The first-order valence-electron chi connectivity index (χ1n) is 9.38. The zero-order valence-electron chi connectivity index (χ0n) is 16.5. The van der Waals surface area contributed by atoms with E-state index >= 15 is 0 Å². The van der Waals surface area contributed by atoms with Crippen molar-refractivity contribution in [3.05, 3.63) is 83.9 Å². The molecule has 0 atom stereocenters. The number of thiazole rings is 1. The largest absolute Gasteiger partial charge is 0.281 e. The lowest BCUT2D eigenvalue weighted by molar-refractivity contribution is -0.116. The van der Waals surface area contributed by atoms with Crippen LogP contribution in [-0.2, 0) is 21.2 Å². The Bertz CT molecular complexity index is 1340. The van der Waals surface area contributed by atoms with E-state index in [-0.39, 0.29) is 16.6 Å². The maximum absolute atomic E-state index is 13.6. The van der Waals surface area contributed by atoms with E-state index in [9.17, 15) is 17.6 Å². The summed E-state index contributed by atoms with van der Waals surface area (Å²) in [6.45, 7) is 1.90. The Kier molecular flexibility index (Phi) is 5.79. The molecular formula is C22H18FN3O3S2. The molecule has 2 aromatic carbocycles. The number of halogens is 1. The molecule has 0 aliphatic carbocycles. The Balaban J connectivity index is 1.69. The summed E-state index contributed by atoms with van der Waals surface area (Å²) in [7, 11) is -3.85. The summed E-state index contributed by atoms with van der Waals surface area (Å²) in [5.74, 6) is -1.76. The Morgan fingerprint density at radius 2 is 1.87 bits per heavy atom. The number of carbonyl (C=O) groups is 1. The molecule has 4 rings (SSSR count). The van der Waals surface area contributed by atoms with Crippen molar-refractivity contribution in [1.29, 1.82) is 0 Å². The van der Waals surface area contributed by atoms with Crippen molar-refractivity contribution >= 4 is 42.4 Å². The molecular weight excluding hydrogens is 437 g/mol. The molecule has 0 aliphatic heterocycles. The summed E-state index contributed by atoms with van der Waals surface area (Å²) in [6.07, 6.45) is 1.59. The SMILES string of the molecule is Cc1ccc(S(=O)(=O)CC(=O)N(Cc2ccccn2)c2nc3ccc(F)cc3s2)cc1. The van der Waals surface area contributed by atoms with Crippen LogP contribution in [0, 0.1) is 12.7 Å². The van der Waals surface area contributed by atoms with Crippen molar-refractivity contribution in [2.45, 2.75) is 18.4 Å². The summed E-state index contributed by atoms with van der Waals surface area (Å²) in [5, 5.41) is 0.287. The van der Waals surface area contributed by atoms with Gasteiger partial charge >= 0.3 is 0 Å². The maximum atomic E-state index is 13.6. The second-order valence-electron chi connectivity index (χ2n) is 6.98. The molecule has 1 amide bonds. The predicted molar refractivity (Wildman–Crippen MR) is 118 cm³/mol. The number of aromatic nitrogens is 2. The van der Waals surface area contributed by atoms with Gasteiger partial charge in [0.25, 0.3) is 0 Å². The number of hydrogen-bond donors (Lipinski definition) is 0. The predicted octanol–water partition coefficient (Wildman–Crippen LogP) is 4.15. The number of sulfone groups is 1. The van der Waals surface area contributed by atoms with Crippen LogP contribution in [0.5, 0.6) is 0 Å². The van der Waals surface area contributed by atoms with E-state index < -0.39 is 27.3 Å². The van der Waals surface area contributed by atoms with Gasteiger partial charge in [-0.1, -0.05) is 35.1 Å². The molecule has 2 aromatic heterocycles. The van der Waals surface area contributed by atoms with Gasteiger partial charge in [-0.3, -0.25) is 14.7 Å². The number of pyridine rings is 1. The zero-order valence-corrected chi connectivity index (χ0v) is 18.2. The highest BCUT2D eigenvalue weighted by atomic mass is 32.2. The number of rotatable bonds is 6. The molecule has 0 spiro atoms. The molecule has 0 aliphatic rings. The molecule has 0 N–H and O–H groups in total. The zero-order chi connectivity index (χ0) is 22.0. The van der Waals surface area contributed by atoms with Crippen molar-refractivity contribution in [2.75, 3.05) is 10.7 Å². The molecule has 0 radical (unpaired) electrons. The van der Waals surface area contributed by atoms with E-state index in [2.05, 4.69) is 9.97 Å². The van der Waals surface area contributed by atoms with Gasteiger partial charge in [-0.2, -0.15) is 0 Å². The lowest BCUT2D eigenvalue weighted by Crippen LogP contribution is -2.35. The molecule has 6 nitrogen and oxygen atoms in total. The number of hydrogen-bond acceptors (Lipinski definition) is 6. The first-order valence-corrected chi connectivity index (χ1v) is 11.8.